The Morgan fingerprint density at radius 3 is 2.80 bits per heavy atom. The van der Waals surface area contributed by atoms with Crippen molar-refractivity contribution in [2.45, 2.75) is 32.0 Å². The second kappa shape index (κ2) is 9.30. The highest BCUT2D eigenvalue weighted by molar-refractivity contribution is 5.95. The zero-order chi connectivity index (χ0) is 21.7. The van der Waals surface area contributed by atoms with Gasteiger partial charge in [0.15, 0.2) is 0 Å². The summed E-state index contributed by atoms with van der Waals surface area (Å²) in [6, 6.07) is 8.60. The lowest BCUT2D eigenvalue weighted by Crippen LogP contribution is -2.47. The van der Waals surface area contributed by atoms with E-state index in [1.54, 1.807) is 32.2 Å². The number of alkyl halides is 1. The standard InChI is InChI=1S/C22H24FN5O2/c1-4-5-11-18-14(2)16(23)13-17(22(30)28(18)3)24-21(29)20-25-19(26-27-20)12-15-9-7-6-8-10-15/h4-11,16-17H,1,12-13H2,2-3H3,(H,24,29)(H,25,26,27)/b11-5-/t16-,17?/m0/s1. The molecular weight excluding hydrogens is 385 g/mol. The number of nitrogens with one attached hydrogen (secondary N) is 2. The highest BCUT2D eigenvalue weighted by Crippen LogP contribution is 2.25. The number of hydrogen-bond donors (Lipinski definition) is 2. The van der Waals surface area contributed by atoms with Crippen LogP contribution in [0, 0.1) is 0 Å². The lowest BCUT2D eigenvalue weighted by molar-refractivity contribution is -0.130. The van der Waals surface area contributed by atoms with Crippen LogP contribution in [0.4, 0.5) is 4.39 Å². The van der Waals surface area contributed by atoms with E-state index in [-0.39, 0.29) is 12.2 Å². The SMILES string of the molecule is C=C/C=C\C1=C(C)[C@@H](F)CC(NC(=O)c2nnc(Cc3ccccc3)[nH]2)C(=O)N1C. The van der Waals surface area contributed by atoms with Crippen molar-refractivity contribution in [3.63, 3.8) is 0 Å². The smallest absolute Gasteiger partial charge is 0.289 e. The molecule has 2 heterocycles. The summed E-state index contributed by atoms with van der Waals surface area (Å²) in [7, 11) is 1.55. The van der Waals surface area contributed by atoms with Gasteiger partial charge in [-0.05, 0) is 24.1 Å². The van der Waals surface area contributed by atoms with Crippen molar-refractivity contribution >= 4 is 11.8 Å². The molecule has 156 valence electrons. The van der Waals surface area contributed by atoms with Gasteiger partial charge in [-0.2, -0.15) is 0 Å². The summed E-state index contributed by atoms with van der Waals surface area (Å²) in [5, 5.41) is 10.4. The van der Waals surface area contributed by atoms with Crippen LogP contribution < -0.4 is 5.32 Å². The molecule has 0 saturated carbocycles. The Bertz CT molecular complexity index is 996. The first-order valence-corrected chi connectivity index (χ1v) is 9.58. The molecule has 1 aromatic heterocycles. The molecule has 0 spiro atoms. The fraction of sp³-hybridized carbons (Fsp3) is 0.273. The fourth-order valence-corrected chi connectivity index (χ4v) is 3.28. The van der Waals surface area contributed by atoms with E-state index in [1.807, 2.05) is 30.3 Å². The van der Waals surface area contributed by atoms with Gasteiger partial charge in [0.2, 0.25) is 11.7 Å². The third-order valence-corrected chi connectivity index (χ3v) is 4.96. The molecule has 0 fully saturated rings. The molecule has 30 heavy (non-hydrogen) atoms. The minimum Gasteiger partial charge on any atom is -0.337 e. The Balaban J connectivity index is 1.72. The Kier molecular flexibility index (Phi) is 6.56. The van der Waals surface area contributed by atoms with E-state index in [4.69, 9.17) is 0 Å². The summed E-state index contributed by atoms with van der Waals surface area (Å²) in [5.74, 6) is -0.514. The van der Waals surface area contributed by atoms with E-state index >= 15 is 0 Å². The maximum atomic E-state index is 14.7. The normalized spacial score (nSPS) is 19.8. The van der Waals surface area contributed by atoms with E-state index in [0.717, 1.165) is 5.56 Å². The highest BCUT2D eigenvalue weighted by Gasteiger charge is 2.34. The first-order valence-electron chi connectivity index (χ1n) is 9.58. The third-order valence-electron chi connectivity index (χ3n) is 4.96. The number of allylic oxidation sites excluding steroid dienone is 4. The molecule has 1 aliphatic heterocycles. The molecule has 1 unspecified atom stereocenters. The topological polar surface area (TPSA) is 91.0 Å². The molecule has 0 radical (unpaired) electrons. The summed E-state index contributed by atoms with van der Waals surface area (Å²) < 4.78 is 14.7. The molecule has 2 amide bonds. The van der Waals surface area contributed by atoms with Gasteiger partial charge in [0.25, 0.3) is 5.91 Å². The lowest BCUT2D eigenvalue weighted by Gasteiger charge is -2.22. The van der Waals surface area contributed by atoms with Crippen molar-refractivity contribution in [3.05, 3.63) is 83.6 Å². The zero-order valence-corrected chi connectivity index (χ0v) is 16.9. The maximum Gasteiger partial charge on any atom is 0.289 e. The summed E-state index contributed by atoms with van der Waals surface area (Å²) in [4.78, 5) is 29.6. The summed E-state index contributed by atoms with van der Waals surface area (Å²) >= 11 is 0. The second-order valence-corrected chi connectivity index (χ2v) is 7.07. The Morgan fingerprint density at radius 2 is 2.10 bits per heavy atom. The fourth-order valence-electron chi connectivity index (χ4n) is 3.28. The number of halogens is 1. The molecule has 3 rings (SSSR count). The number of aromatic amines is 1. The predicted molar refractivity (Wildman–Crippen MR) is 111 cm³/mol. The summed E-state index contributed by atoms with van der Waals surface area (Å²) in [6.07, 6.45) is 3.77. The zero-order valence-electron chi connectivity index (χ0n) is 16.9. The van der Waals surface area contributed by atoms with Crippen molar-refractivity contribution in [1.29, 1.82) is 0 Å². The molecule has 0 bridgehead atoms. The minimum atomic E-state index is -1.38. The van der Waals surface area contributed by atoms with Crippen LogP contribution in [0.15, 0.2) is 66.4 Å². The van der Waals surface area contributed by atoms with Gasteiger partial charge in [-0.25, -0.2) is 4.39 Å². The largest absolute Gasteiger partial charge is 0.337 e. The van der Waals surface area contributed by atoms with Crippen LogP contribution >= 0.6 is 0 Å². The first kappa shape index (κ1) is 21.2. The number of amides is 2. The Morgan fingerprint density at radius 1 is 1.37 bits per heavy atom. The van der Waals surface area contributed by atoms with Crippen molar-refractivity contribution in [3.8, 4) is 0 Å². The minimum absolute atomic E-state index is 0.0208. The number of H-pyrrole nitrogens is 1. The van der Waals surface area contributed by atoms with E-state index < -0.39 is 24.0 Å². The van der Waals surface area contributed by atoms with Crippen molar-refractivity contribution in [2.75, 3.05) is 7.05 Å². The third kappa shape index (κ3) is 4.71. The highest BCUT2D eigenvalue weighted by atomic mass is 19.1. The van der Waals surface area contributed by atoms with Gasteiger partial charge in [0, 0.05) is 25.6 Å². The van der Waals surface area contributed by atoms with Crippen molar-refractivity contribution in [1.82, 2.24) is 25.4 Å². The number of benzene rings is 1. The van der Waals surface area contributed by atoms with Gasteiger partial charge in [-0.15, -0.1) is 10.2 Å². The van der Waals surface area contributed by atoms with Crippen LogP contribution in [0.2, 0.25) is 0 Å². The number of hydrogen-bond acceptors (Lipinski definition) is 4. The second-order valence-electron chi connectivity index (χ2n) is 7.07. The Hall–Kier alpha value is -3.55. The number of rotatable bonds is 6. The van der Waals surface area contributed by atoms with Gasteiger partial charge in [0.05, 0.1) is 0 Å². The molecule has 8 heteroatoms. The lowest BCUT2D eigenvalue weighted by atomic mass is 10.0. The van der Waals surface area contributed by atoms with Crippen LogP contribution in [0.25, 0.3) is 0 Å². The predicted octanol–water partition coefficient (Wildman–Crippen LogP) is 2.71. The van der Waals surface area contributed by atoms with Crippen molar-refractivity contribution in [2.24, 2.45) is 0 Å². The van der Waals surface area contributed by atoms with Gasteiger partial charge < -0.3 is 15.2 Å². The number of nitrogens with zero attached hydrogens (tertiary/aromatic N) is 3. The molecule has 7 nitrogen and oxygen atoms in total. The molecule has 1 aromatic carbocycles. The van der Waals surface area contributed by atoms with E-state index in [9.17, 15) is 14.0 Å². The first-order chi connectivity index (χ1) is 14.4. The maximum absolute atomic E-state index is 14.7. The number of carbonyl (C=O) groups excluding carboxylic acids is 2. The molecule has 0 saturated heterocycles. The van der Waals surface area contributed by atoms with Gasteiger partial charge in [-0.3, -0.25) is 9.59 Å². The molecule has 2 N–H and O–H groups in total. The monoisotopic (exact) mass is 409 g/mol. The van der Waals surface area contributed by atoms with Crippen LogP contribution in [0.5, 0.6) is 0 Å². The Labute approximate surface area is 174 Å². The number of carbonyl (C=O) groups is 2. The average Bonchev–Trinajstić information content (AvgIpc) is 3.19. The average molecular weight is 409 g/mol. The van der Waals surface area contributed by atoms with Crippen LogP contribution in [-0.4, -0.2) is 51.2 Å². The molecular formula is C22H24FN5O2. The molecule has 1 aliphatic rings. The van der Waals surface area contributed by atoms with E-state index in [2.05, 4.69) is 27.1 Å². The molecule has 2 atom stereocenters. The van der Waals surface area contributed by atoms with Crippen LogP contribution in [0.3, 0.4) is 0 Å². The molecule has 2 aromatic rings. The van der Waals surface area contributed by atoms with E-state index in [0.29, 0.717) is 23.5 Å². The van der Waals surface area contributed by atoms with E-state index in [1.165, 1.54) is 4.90 Å². The summed E-state index contributed by atoms with van der Waals surface area (Å²) in [6.45, 7) is 5.23. The quantitative estimate of drug-likeness (QED) is 0.718. The van der Waals surface area contributed by atoms with Crippen molar-refractivity contribution < 1.29 is 14.0 Å². The van der Waals surface area contributed by atoms with Gasteiger partial charge in [-0.1, -0.05) is 49.1 Å². The van der Waals surface area contributed by atoms with Gasteiger partial charge in [0.1, 0.15) is 18.0 Å². The molecule has 0 aliphatic carbocycles. The number of likely N-dealkylation sites (N-methyl/N-ethyl adjacent to an activating group) is 1. The van der Waals surface area contributed by atoms with Crippen LogP contribution in [-0.2, 0) is 11.2 Å². The van der Waals surface area contributed by atoms with Crippen LogP contribution in [0.1, 0.15) is 35.4 Å². The summed E-state index contributed by atoms with van der Waals surface area (Å²) in [5.41, 5.74) is 1.89. The van der Waals surface area contributed by atoms with Gasteiger partial charge >= 0.3 is 0 Å². The number of aromatic nitrogens is 3.